The molecule has 0 aliphatic carbocycles. The summed E-state index contributed by atoms with van der Waals surface area (Å²) in [6, 6.07) is 0. The van der Waals surface area contributed by atoms with Crippen molar-refractivity contribution in [1.29, 1.82) is 0 Å². The summed E-state index contributed by atoms with van der Waals surface area (Å²) < 4.78 is 10.3. The van der Waals surface area contributed by atoms with Crippen LogP contribution in [0.3, 0.4) is 0 Å². The third-order valence-corrected chi connectivity index (χ3v) is 3.15. The highest BCUT2D eigenvalue weighted by atomic mass is 16.5. The van der Waals surface area contributed by atoms with Crippen LogP contribution in [0.5, 0.6) is 0 Å². The molecule has 106 valence electrons. The van der Waals surface area contributed by atoms with Gasteiger partial charge in [0.1, 0.15) is 0 Å². The highest BCUT2D eigenvalue weighted by Gasteiger charge is 2.30. The van der Waals surface area contributed by atoms with E-state index in [0.29, 0.717) is 25.2 Å². The summed E-state index contributed by atoms with van der Waals surface area (Å²) in [6.45, 7) is 9.51. The van der Waals surface area contributed by atoms with Gasteiger partial charge in [-0.15, -0.1) is 0 Å². The van der Waals surface area contributed by atoms with Crippen molar-refractivity contribution in [2.24, 2.45) is 10.4 Å². The molecular formula is C13H27N3O2. The van der Waals surface area contributed by atoms with Gasteiger partial charge in [0.05, 0.1) is 19.8 Å². The normalized spacial score (nSPS) is 19.3. The van der Waals surface area contributed by atoms with Gasteiger partial charge in [-0.05, 0) is 11.8 Å². The number of nitrogens with zero attached hydrogens (tertiary/aromatic N) is 2. The Hall–Kier alpha value is -0.810. The van der Waals surface area contributed by atoms with Crippen molar-refractivity contribution in [3.05, 3.63) is 0 Å². The molecule has 0 bridgehead atoms. The Kier molecular flexibility index (Phi) is 6.43. The first-order chi connectivity index (χ1) is 8.59. The molecule has 0 radical (unpaired) electrons. The third-order valence-electron chi connectivity index (χ3n) is 3.15. The van der Waals surface area contributed by atoms with E-state index in [-0.39, 0.29) is 0 Å². The smallest absolute Gasteiger partial charge is 0.193 e. The zero-order valence-electron chi connectivity index (χ0n) is 12.2. The van der Waals surface area contributed by atoms with Crippen LogP contribution in [0.25, 0.3) is 0 Å². The molecule has 0 spiro atoms. The Bertz CT molecular complexity index is 267. The van der Waals surface area contributed by atoms with E-state index in [1.54, 1.807) is 7.11 Å². The second kappa shape index (κ2) is 7.59. The summed E-state index contributed by atoms with van der Waals surface area (Å²) in [5.74, 6) is 0.982. The second-order valence-corrected chi connectivity index (χ2v) is 5.41. The van der Waals surface area contributed by atoms with Gasteiger partial charge in [0.15, 0.2) is 5.96 Å². The number of likely N-dealkylation sites (tertiary alicyclic amines) is 1. The van der Waals surface area contributed by atoms with Crippen LogP contribution < -0.4 is 5.32 Å². The number of aliphatic imine (C=N–C) groups is 1. The van der Waals surface area contributed by atoms with E-state index in [2.05, 4.69) is 29.1 Å². The molecule has 5 heteroatoms. The van der Waals surface area contributed by atoms with E-state index >= 15 is 0 Å². The molecule has 18 heavy (non-hydrogen) atoms. The maximum absolute atomic E-state index is 5.41. The Morgan fingerprint density at radius 1 is 1.33 bits per heavy atom. The van der Waals surface area contributed by atoms with Gasteiger partial charge in [-0.3, -0.25) is 4.99 Å². The first-order valence-corrected chi connectivity index (χ1v) is 6.61. The number of methoxy groups -OCH3 is 1. The van der Waals surface area contributed by atoms with Gasteiger partial charge >= 0.3 is 0 Å². The Balaban J connectivity index is 2.19. The van der Waals surface area contributed by atoms with Crippen LogP contribution in [0.15, 0.2) is 4.99 Å². The molecular weight excluding hydrogens is 230 g/mol. The zero-order chi connectivity index (χ0) is 13.4. The molecule has 1 saturated heterocycles. The van der Waals surface area contributed by atoms with Crippen LogP contribution >= 0.6 is 0 Å². The minimum atomic E-state index is 0.395. The zero-order valence-corrected chi connectivity index (χ0v) is 12.2. The standard InChI is InChI=1S/C13H27N3O2/c1-13(2)5-7-16(11-13)12(14-3)15-6-8-18-10-9-17-4/h5-11H2,1-4H3,(H,14,15). The molecule has 0 aromatic heterocycles. The number of hydrogen-bond acceptors (Lipinski definition) is 3. The highest BCUT2D eigenvalue weighted by Crippen LogP contribution is 2.28. The Labute approximate surface area is 111 Å². The van der Waals surface area contributed by atoms with Crippen molar-refractivity contribution in [2.45, 2.75) is 20.3 Å². The molecule has 1 fully saturated rings. The van der Waals surface area contributed by atoms with Crippen LogP contribution in [0.1, 0.15) is 20.3 Å². The summed E-state index contributed by atoms with van der Waals surface area (Å²) in [7, 11) is 3.51. The van der Waals surface area contributed by atoms with Gasteiger partial charge in [0.25, 0.3) is 0 Å². The maximum atomic E-state index is 5.41. The van der Waals surface area contributed by atoms with Crippen molar-refractivity contribution in [3.63, 3.8) is 0 Å². The fourth-order valence-electron chi connectivity index (χ4n) is 2.10. The summed E-state index contributed by atoms with van der Waals surface area (Å²) in [6.07, 6.45) is 1.22. The molecule has 1 aliphatic heterocycles. The first kappa shape index (κ1) is 15.2. The van der Waals surface area contributed by atoms with E-state index < -0.39 is 0 Å². The number of ether oxygens (including phenoxy) is 2. The predicted molar refractivity (Wildman–Crippen MR) is 74.0 cm³/mol. The summed E-state index contributed by atoms with van der Waals surface area (Å²) in [5.41, 5.74) is 0.395. The monoisotopic (exact) mass is 257 g/mol. The molecule has 1 aliphatic rings. The molecule has 0 atom stereocenters. The van der Waals surface area contributed by atoms with Crippen LogP contribution in [0.4, 0.5) is 0 Å². The molecule has 5 nitrogen and oxygen atoms in total. The SMILES string of the molecule is CN=C(NCCOCCOC)N1CCC(C)(C)C1. The van der Waals surface area contributed by atoms with Crippen molar-refractivity contribution < 1.29 is 9.47 Å². The molecule has 0 aromatic carbocycles. The molecule has 1 rings (SSSR count). The van der Waals surface area contributed by atoms with Crippen molar-refractivity contribution in [1.82, 2.24) is 10.2 Å². The predicted octanol–water partition coefficient (Wildman–Crippen LogP) is 0.957. The average molecular weight is 257 g/mol. The molecule has 0 amide bonds. The largest absolute Gasteiger partial charge is 0.382 e. The summed E-state index contributed by atoms with van der Waals surface area (Å²) >= 11 is 0. The van der Waals surface area contributed by atoms with Crippen LogP contribution in [0, 0.1) is 5.41 Å². The minimum Gasteiger partial charge on any atom is -0.382 e. The number of nitrogens with one attached hydrogen (secondary N) is 1. The van der Waals surface area contributed by atoms with Gasteiger partial charge in [-0.2, -0.15) is 0 Å². The molecule has 1 heterocycles. The van der Waals surface area contributed by atoms with Crippen LogP contribution in [-0.4, -0.2) is 64.5 Å². The van der Waals surface area contributed by atoms with E-state index in [9.17, 15) is 0 Å². The fourth-order valence-corrected chi connectivity index (χ4v) is 2.10. The third kappa shape index (κ3) is 5.23. The van der Waals surface area contributed by atoms with Gasteiger partial charge in [0, 0.05) is 33.8 Å². The van der Waals surface area contributed by atoms with Gasteiger partial charge < -0.3 is 19.7 Å². The van der Waals surface area contributed by atoms with E-state index in [4.69, 9.17) is 9.47 Å². The number of guanidine groups is 1. The van der Waals surface area contributed by atoms with Crippen molar-refractivity contribution in [2.75, 3.05) is 53.6 Å². The Morgan fingerprint density at radius 2 is 2.11 bits per heavy atom. The molecule has 1 N–H and O–H groups in total. The van der Waals surface area contributed by atoms with Gasteiger partial charge in [0.2, 0.25) is 0 Å². The highest BCUT2D eigenvalue weighted by molar-refractivity contribution is 5.80. The van der Waals surface area contributed by atoms with Gasteiger partial charge in [-0.25, -0.2) is 0 Å². The molecule has 0 saturated carbocycles. The van der Waals surface area contributed by atoms with E-state index in [0.717, 1.165) is 25.6 Å². The van der Waals surface area contributed by atoms with Crippen molar-refractivity contribution in [3.8, 4) is 0 Å². The van der Waals surface area contributed by atoms with Crippen molar-refractivity contribution >= 4 is 5.96 Å². The molecule has 0 unspecified atom stereocenters. The lowest BCUT2D eigenvalue weighted by Crippen LogP contribution is -2.42. The number of hydrogen-bond donors (Lipinski definition) is 1. The first-order valence-electron chi connectivity index (χ1n) is 6.61. The van der Waals surface area contributed by atoms with Crippen LogP contribution in [0.2, 0.25) is 0 Å². The van der Waals surface area contributed by atoms with E-state index in [1.807, 2.05) is 7.05 Å². The van der Waals surface area contributed by atoms with Gasteiger partial charge in [-0.1, -0.05) is 13.8 Å². The molecule has 0 aromatic rings. The second-order valence-electron chi connectivity index (χ2n) is 5.41. The summed E-state index contributed by atoms with van der Waals surface area (Å²) in [4.78, 5) is 6.64. The lowest BCUT2D eigenvalue weighted by Gasteiger charge is -2.23. The topological polar surface area (TPSA) is 46.1 Å². The summed E-state index contributed by atoms with van der Waals surface area (Å²) in [5, 5.41) is 3.34. The lowest BCUT2D eigenvalue weighted by molar-refractivity contribution is 0.0731. The average Bonchev–Trinajstić information content (AvgIpc) is 2.69. The number of rotatable bonds is 6. The van der Waals surface area contributed by atoms with E-state index in [1.165, 1.54) is 6.42 Å². The minimum absolute atomic E-state index is 0.395. The fraction of sp³-hybridized carbons (Fsp3) is 0.923. The van der Waals surface area contributed by atoms with Crippen LogP contribution in [-0.2, 0) is 9.47 Å². The Morgan fingerprint density at radius 3 is 2.67 bits per heavy atom. The quantitative estimate of drug-likeness (QED) is 0.437. The lowest BCUT2D eigenvalue weighted by atomic mass is 9.93. The maximum Gasteiger partial charge on any atom is 0.193 e.